The zero-order chi connectivity index (χ0) is 13.8. The third-order valence-corrected chi connectivity index (χ3v) is 3.57. The average Bonchev–Trinajstić information content (AvgIpc) is 2.51. The summed E-state index contributed by atoms with van der Waals surface area (Å²) < 4.78 is 2.38. The van der Waals surface area contributed by atoms with Gasteiger partial charge in [0.2, 0.25) is 5.52 Å². The smallest absolute Gasteiger partial charge is 0.191 e. The summed E-state index contributed by atoms with van der Waals surface area (Å²) in [5, 5.41) is 1.27. The van der Waals surface area contributed by atoms with Crippen molar-refractivity contribution >= 4 is 10.9 Å². The van der Waals surface area contributed by atoms with Crippen molar-refractivity contribution in [2.75, 3.05) is 0 Å². The van der Waals surface area contributed by atoms with Crippen molar-refractivity contribution in [2.45, 2.75) is 13.0 Å². The lowest BCUT2D eigenvalue weighted by Gasteiger charge is -2.06. The Hall–Kier alpha value is -2.41. The van der Waals surface area contributed by atoms with Gasteiger partial charge in [0.1, 0.15) is 0 Å². The molecule has 2 aromatic carbocycles. The molecule has 0 unspecified atom stereocenters. The van der Waals surface area contributed by atoms with E-state index in [0.29, 0.717) is 0 Å². The summed E-state index contributed by atoms with van der Waals surface area (Å²) in [6.45, 7) is 4.77. The monoisotopic (exact) mass is 260 g/mol. The van der Waals surface area contributed by atoms with Gasteiger partial charge >= 0.3 is 0 Å². The molecule has 0 bridgehead atoms. The second-order valence-electron chi connectivity index (χ2n) is 4.95. The lowest BCUT2D eigenvalue weighted by Crippen LogP contribution is -2.39. The maximum atomic E-state index is 3.87. The van der Waals surface area contributed by atoms with E-state index >= 15 is 0 Å². The fraction of sp³-hybridized carbons (Fsp3) is 0.105. The van der Waals surface area contributed by atoms with Gasteiger partial charge in [-0.15, -0.1) is 6.58 Å². The van der Waals surface area contributed by atoms with Gasteiger partial charge in [-0.3, -0.25) is 0 Å². The van der Waals surface area contributed by atoms with E-state index in [0.717, 1.165) is 13.0 Å². The fourth-order valence-electron chi connectivity index (χ4n) is 2.58. The normalized spacial score (nSPS) is 10.6. The summed E-state index contributed by atoms with van der Waals surface area (Å²) in [5.41, 5.74) is 3.89. The van der Waals surface area contributed by atoms with Crippen molar-refractivity contribution < 1.29 is 4.57 Å². The van der Waals surface area contributed by atoms with Crippen molar-refractivity contribution in [3.8, 4) is 0 Å². The number of rotatable bonds is 4. The highest BCUT2D eigenvalue weighted by Gasteiger charge is 2.14. The summed E-state index contributed by atoms with van der Waals surface area (Å²) in [6, 6.07) is 23.5. The third-order valence-electron chi connectivity index (χ3n) is 3.57. The van der Waals surface area contributed by atoms with E-state index in [2.05, 4.69) is 77.9 Å². The second-order valence-corrected chi connectivity index (χ2v) is 4.95. The highest BCUT2D eigenvalue weighted by Crippen LogP contribution is 2.12. The predicted octanol–water partition coefficient (Wildman–Crippen LogP) is 3.90. The van der Waals surface area contributed by atoms with Crippen LogP contribution in [0.3, 0.4) is 0 Å². The molecule has 1 heterocycles. The highest BCUT2D eigenvalue weighted by molar-refractivity contribution is 5.75. The Balaban J connectivity index is 2.14. The molecule has 0 saturated carbocycles. The number of hydrogen-bond acceptors (Lipinski definition) is 0. The van der Waals surface area contributed by atoms with E-state index in [1.807, 2.05) is 6.08 Å². The molecule has 0 aliphatic carbocycles. The van der Waals surface area contributed by atoms with E-state index < -0.39 is 0 Å². The summed E-state index contributed by atoms with van der Waals surface area (Å²) in [4.78, 5) is 0. The quantitative estimate of drug-likeness (QED) is 0.495. The van der Waals surface area contributed by atoms with Crippen LogP contribution in [0.1, 0.15) is 11.3 Å². The van der Waals surface area contributed by atoms with Gasteiger partial charge in [0.15, 0.2) is 12.2 Å². The Morgan fingerprint density at radius 3 is 2.40 bits per heavy atom. The van der Waals surface area contributed by atoms with Crippen LogP contribution in [-0.4, -0.2) is 0 Å². The van der Waals surface area contributed by atoms with E-state index in [1.165, 1.54) is 22.2 Å². The molecular formula is C19H18N+. The molecule has 0 aliphatic heterocycles. The first-order valence-corrected chi connectivity index (χ1v) is 6.94. The largest absolute Gasteiger partial charge is 0.212 e. The minimum atomic E-state index is 0.887. The van der Waals surface area contributed by atoms with Gasteiger partial charge in [-0.05, 0) is 12.1 Å². The lowest BCUT2D eigenvalue weighted by molar-refractivity contribution is -0.669. The molecule has 20 heavy (non-hydrogen) atoms. The Morgan fingerprint density at radius 1 is 0.850 bits per heavy atom. The van der Waals surface area contributed by atoms with Crippen LogP contribution in [-0.2, 0) is 13.0 Å². The van der Waals surface area contributed by atoms with Crippen LogP contribution in [0.2, 0.25) is 0 Å². The maximum absolute atomic E-state index is 3.87. The van der Waals surface area contributed by atoms with Crippen molar-refractivity contribution in [3.63, 3.8) is 0 Å². The molecular weight excluding hydrogens is 242 g/mol. The van der Waals surface area contributed by atoms with Crippen LogP contribution in [0, 0.1) is 0 Å². The Morgan fingerprint density at radius 2 is 1.60 bits per heavy atom. The van der Waals surface area contributed by atoms with E-state index in [4.69, 9.17) is 0 Å². The van der Waals surface area contributed by atoms with Gasteiger partial charge in [-0.1, -0.05) is 48.5 Å². The van der Waals surface area contributed by atoms with Crippen LogP contribution in [0.4, 0.5) is 0 Å². The van der Waals surface area contributed by atoms with Crippen LogP contribution in [0.15, 0.2) is 79.4 Å². The number of para-hydroxylation sites is 1. The summed E-state index contributed by atoms with van der Waals surface area (Å²) in [7, 11) is 0. The van der Waals surface area contributed by atoms with Crippen LogP contribution < -0.4 is 4.57 Å². The van der Waals surface area contributed by atoms with Crippen molar-refractivity contribution in [3.05, 3.63) is 90.6 Å². The number of hydrogen-bond donors (Lipinski definition) is 0. The first-order valence-electron chi connectivity index (χ1n) is 6.94. The van der Waals surface area contributed by atoms with Gasteiger partial charge in [0.25, 0.3) is 0 Å². The number of benzene rings is 2. The standard InChI is InChI=1S/C19H18N/c1-2-8-18-14-13-17-11-6-7-12-19(17)20(18)15-16-9-4-3-5-10-16/h2-7,9-14H,1,8,15H2/q+1. The molecule has 0 spiro atoms. The molecule has 3 rings (SSSR count). The maximum Gasteiger partial charge on any atom is 0.212 e. The lowest BCUT2D eigenvalue weighted by atomic mass is 10.1. The van der Waals surface area contributed by atoms with Gasteiger partial charge in [-0.2, -0.15) is 4.57 Å². The number of fused-ring (bicyclic) bond motifs is 1. The van der Waals surface area contributed by atoms with Gasteiger partial charge in [0.05, 0.1) is 6.42 Å². The minimum absolute atomic E-state index is 0.887. The average molecular weight is 260 g/mol. The van der Waals surface area contributed by atoms with Crippen molar-refractivity contribution in [1.82, 2.24) is 0 Å². The van der Waals surface area contributed by atoms with E-state index in [1.54, 1.807) is 0 Å². The fourth-order valence-corrected chi connectivity index (χ4v) is 2.58. The zero-order valence-corrected chi connectivity index (χ0v) is 11.5. The van der Waals surface area contributed by atoms with E-state index in [-0.39, 0.29) is 0 Å². The van der Waals surface area contributed by atoms with Crippen LogP contribution >= 0.6 is 0 Å². The molecule has 0 radical (unpaired) electrons. The SMILES string of the molecule is C=CCc1ccc2ccccc2[n+]1Cc1ccccc1. The third kappa shape index (κ3) is 2.48. The molecule has 0 N–H and O–H groups in total. The molecule has 0 saturated heterocycles. The van der Waals surface area contributed by atoms with Gasteiger partial charge < -0.3 is 0 Å². The molecule has 98 valence electrons. The van der Waals surface area contributed by atoms with Crippen LogP contribution in [0.5, 0.6) is 0 Å². The number of nitrogens with zero attached hydrogens (tertiary/aromatic N) is 1. The predicted molar refractivity (Wildman–Crippen MR) is 83.6 cm³/mol. The number of aromatic nitrogens is 1. The molecule has 1 aromatic heterocycles. The molecule has 0 amide bonds. The summed E-state index contributed by atoms with van der Waals surface area (Å²) >= 11 is 0. The molecule has 0 aliphatic rings. The van der Waals surface area contributed by atoms with Gasteiger partial charge in [0, 0.05) is 23.1 Å². The van der Waals surface area contributed by atoms with Crippen molar-refractivity contribution in [1.29, 1.82) is 0 Å². The van der Waals surface area contributed by atoms with Crippen molar-refractivity contribution in [2.24, 2.45) is 0 Å². The molecule has 1 nitrogen and oxygen atoms in total. The van der Waals surface area contributed by atoms with Crippen LogP contribution in [0.25, 0.3) is 10.9 Å². The molecule has 0 atom stereocenters. The van der Waals surface area contributed by atoms with Gasteiger partial charge in [-0.25, -0.2) is 0 Å². The second kappa shape index (κ2) is 5.70. The number of allylic oxidation sites excluding steroid dienone is 1. The Kier molecular flexibility index (Phi) is 3.60. The minimum Gasteiger partial charge on any atom is -0.191 e. The Labute approximate surface area is 119 Å². The summed E-state index contributed by atoms with van der Waals surface area (Å²) in [5.74, 6) is 0. The molecule has 3 aromatic rings. The molecule has 0 fully saturated rings. The number of pyridine rings is 1. The highest BCUT2D eigenvalue weighted by atomic mass is 15.0. The molecule has 1 heteroatoms. The first-order chi connectivity index (χ1) is 9.88. The zero-order valence-electron chi connectivity index (χ0n) is 11.5. The Bertz CT molecular complexity index is 729. The van der Waals surface area contributed by atoms with E-state index in [9.17, 15) is 0 Å². The topological polar surface area (TPSA) is 3.88 Å². The first kappa shape index (κ1) is 12.6. The summed E-state index contributed by atoms with van der Waals surface area (Å²) in [6.07, 6.45) is 2.85.